The van der Waals surface area contributed by atoms with Crippen LogP contribution in [0.25, 0.3) is 10.4 Å². The van der Waals surface area contributed by atoms with E-state index in [-0.39, 0.29) is 11.5 Å². The third-order valence-corrected chi connectivity index (χ3v) is 5.08. The van der Waals surface area contributed by atoms with Crippen LogP contribution in [0.3, 0.4) is 0 Å². The molecule has 2 aromatic carbocycles. The number of non-ortho nitro benzene ring substituents is 1. The van der Waals surface area contributed by atoms with Crippen molar-refractivity contribution >= 4 is 34.6 Å². The van der Waals surface area contributed by atoms with Gasteiger partial charge in [0.15, 0.2) is 6.61 Å². The molecule has 0 bridgehead atoms. The molecule has 0 aliphatic carbocycles. The van der Waals surface area contributed by atoms with Crippen molar-refractivity contribution in [3.05, 3.63) is 81.0 Å². The van der Waals surface area contributed by atoms with E-state index < -0.39 is 23.4 Å². The number of hydrogen-bond donors (Lipinski definition) is 1. The van der Waals surface area contributed by atoms with Crippen molar-refractivity contribution in [3.8, 4) is 10.4 Å². The molecule has 1 N–H and O–H groups in total. The Morgan fingerprint density at radius 3 is 2.52 bits per heavy atom. The van der Waals surface area contributed by atoms with Crippen molar-refractivity contribution in [2.24, 2.45) is 0 Å². The molecule has 0 saturated heterocycles. The van der Waals surface area contributed by atoms with Crippen LogP contribution < -0.4 is 5.32 Å². The predicted molar refractivity (Wildman–Crippen MR) is 106 cm³/mol. The number of carbonyl (C=O) groups excluding carboxylic acids is 2. The molecule has 0 fully saturated rings. The Kier molecular flexibility index (Phi) is 5.99. The van der Waals surface area contributed by atoms with E-state index in [1.165, 1.54) is 41.7 Å². The van der Waals surface area contributed by atoms with Crippen LogP contribution >= 0.6 is 11.3 Å². The summed E-state index contributed by atoms with van der Waals surface area (Å²) >= 11 is 1.17. The van der Waals surface area contributed by atoms with Crippen molar-refractivity contribution in [2.75, 3.05) is 11.9 Å². The first-order valence-electron chi connectivity index (χ1n) is 8.41. The number of anilines is 1. The van der Waals surface area contributed by atoms with Gasteiger partial charge in [-0.05, 0) is 48.4 Å². The molecule has 29 heavy (non-hydrogen) atoms. The third kappa shape index (κ3) is 5.02. The van der Waals surface area contributed by atoms with Gasteiger partial charge >= 0.3 is 5.97 Å². The zero-order valence-corrected chi connectivity index (χ0v) is 16.0. The molecule has 0 unspecified atom stereocenters. The highest BCUT2D eigenvalue weighted by molar-refractivity contribution is 7.17. The summed E-state index contributed by atoms with van der Waals surface area (Å²) in [6.45, 7) is 1.12. The number of hydrogen-bond acceptors (Lipinski definition) is 6. The smallest absolute Gasteiger partial charge is 0.348 e. The van der Waals surface area contributed by atoms with E-state index in [0.29, 0.717) is 16.1 Å². The minimum absolute atomic E-state index is 0.0819. The molecular formula is C20H15FN2O5S. The average Bonchev–Trinajstić information content (AvgIpc) is 3.18. The summed E-state index contributed by atoms with van der Waals surface area (Å²) in [7, 11) is 0. The Hall–Kier alpha value is -3.59. The van der Waals surface area contributed by atoms with Crippen molar-refractivity contribution in [2.45, 2.75) is 6.92 Å². The first kappa shape index (κ1) is 20.2. The lowest BCUT2D eigenvalue weighted by atomic mass is 10.2. The number of nitrogens with one attached hydrogen (secondary N) is 1. The zero-order valence-electron chi connectivity index (χ0n) is 15.2. The van der Waals surface area contributed by atoms with E-state index in [1.54, 1.807) is 31.2 Å². The number of ether oxygens (including phenoxy) is 1. The number of rotatable bonds is 6. The van der Waals surface area contributed by atoms with E-state index in [2.05, 4.69) is 5.32 Å². The Morgan fingerprint density at radius 2 is 1.86 bits per heavy atom. The van der Waals surface area contributed by atoms with E-state index in [0.717, 1.165) is 10.4 Å². The highest BCUT2D eigenvalue weighted by atomic mass is 32.1. The first-order valence-corrected chi connectivity index (χ1v) is 9.23. The maximum atomic E-state index is 13.0. The summed E-state index contributed by atoms with van der Waals surface area (Å²) in [5.41, 5.74) is 1.59. The lowest BCUT2D eigenvalue weighted by molar-refractivity contribution is -0.384. The van der Waals surface area contributed by atoms with Crippen LogP contribution in [0, 0.1) is 22.9 Å². The fourth-order valence-electron chi connectivity index (χ4n) is 2.51. The van der Waals surface area contributed by atoms with Gasteiger partial charge in [0.1, 0.15) is 10.7 Å². The molecule has 3 aromatic rings. The van der Waals surface area contributed by atoms with Gasteiger partial charge in [0, 0.05) is 22.7 Å². The van der Waals surface area contributed by atoms with Crippen LogP contribution in [0.5, 0.6) is 0 Å². The van der Waals surface area contributed by atoms with Crippen molar-refractivity contribution in [1.29, 1.82) is 0 Å². The Balaban J connectivity index is 1.57. The normalized spacial score (nSPS) is 10.4. The van der Waals surface area contributed by atoms with Crippen molar-refractivity contribution < 1.29 is 23.6 Å². The lowest BCUT2D eigenvalue weighted by Gasteiger charge is -2.08. The molecule has 0 aliphatic heterocycles. The maximum absolute atomic E-state index is 13.0. The fourth-order valence-corrected chi connectivity index (χ4v) is 3.41. The van der Waals surface area contributed by atoms with Gasteiger partial charge in [0.25, 0.3) is 11.6 Å². The number of nitro groups is 1. The quantitative estimate of drug-likeness (QED) is 0.362. The number of benzene rings is 2. The molecule has 0 aliphatic rings. The molecule has 0 radical (unpaired) electrons. The van der Waals surface area contributed by atoms with Gasteiger partial charge in [-0.25, -0.2) is 9.18 Å². The van der Waals surface area contributed by atoms with Gasteiger partial charge in [-0.15, -0.1) is 11.3 Å². The van der Waals surface area contributed by atoms with Crippen LogP contribution in [0.4, 0.5) is 15.8 Å². The average molecular weight is 414 g/mol. The molecular weight excluding hydrogens is 399 g/mol. The van der Waals surface area contributed by atoms with Gasteiger partial charge in [0.2, 0.25) is 0 Å². The van der Waals surface area contributed by atoms with Gasteiger partial charge in [-0.1, -0.05) is 12.1 Å². The van der Waals surface area contributed by atoms with Crippen molar-refractivity contribution in [3.63, 3.8) is 0 Å². The standard InChI is InChI=1S/C20H15FN2O5S/c1-12-10-15(23(26)27)6-7-16(12)22-19(24)11-28-20(25)18-9-8-17(29-18)13-2-4-14(21)5-3-13/h2-10H,11H2,1H3,(H,22,24). The summed E-state index contributed by atoms with van der Waals surface area (Å²) in [4.78, 5) is 35.5. The number of carbonyl (C=O) groups is 2. The van der Waals surface area contributed by atoms with E-state index >= 15 is 0 Å². The SMILES string of the molecule is Cc1cc([N+](=O)[O-])ccc1NC(=O)COC(=O)c1ccc(-c2ccc(F)cc2)s1. The number of amides is 1. The Labute approximate surface area is 168 Å². The molecule has 9 heteroatoms. The highest BCUT2D eigenvalue weighted by Gasteiger charge is 2.15. The maximum Gasteiger partial charge on any atom is 0.348 e. The molecule has 1 heterocycles. The molecule has 0 spiro atoms. The number of aryl methyl sites for hydroxylation is 1. The largest absolute Gasteiger partial charge is 0.451 e. The number of nitro benzene ring substituents is 1. The number of halogens is 1. The summed E-state index contributed by atoms with van der Waals surface area (Å²) in [6.07, 6.45) is 0. The number of thiophene rings is 1. The molecule has 148 valence electrons. The molecule has 0 atom stereocenters. The number of esters is 1. The summed E-state index contributed by atoms with van der Waals surface area (Å²) in [5, 5.41) is 13.3. The fraction of sp³-hybridized carbons (Fsp3) is 0.100. The molecule has 0 saturated carbocycles. The zero-order chi connectivity index (χ0) is 21.0. The van der Waals surface area contributed by atoms with Gasteiger partial charge in [-0.3, -0.25) is 14.9 Å². The van der Waals surface area contributed by atoms with Crippen LogP contribution in [0.15, 0.2) is 54.6 Å². The second kappa shape index (κ2) is 8.61. The van der Waals surface area contributed by atoms with Gasteiger partial charge < -0.3 is 10.1 Å². The summed E-state index contributed by atoms with van der Waals surface area (Å²) in [6, 6.07) is 13.2. The highest BCUT2D eigenvalue weighted by Crippen LogP contribution is 2.28. The first-order chi connectivity index (χ1) is 13.8. The molecule has 7 nitrogen and oxygen atoms in total. The van der Waals surface area contributed by atoms with E-state index in [9.17, 15) is 24.1 Å². The number of nitrogens with zero attached hydrogens (tertiary/aromatic N) is 1. The summed E-state index contributed by atoms with van der Waals surface area (Å²) in [5.74, 6) is -1.57. The second-order valence-electron chi connectivity index (χ2n) is 6.05. The molecule has 3 rings (SSSR count). The van der Waals surface area contributed by atoms with E-state index in [1.807, 2.05) is 0 Å². The Morgan fingerprint density at radius 1 is 1.14 bits per heavy atom. The topological polar surface area (TPSA) is 98.5 Å². The van der Waals surface area contributed by atoms with Crippen molar-refractivity contribution in [1.82, 2.24) is 0 Å². The van der Waals surface area contributed by atoms with Crippen LogP contribution in [0.1, 0.15) is 15.2 Å². The van der Waals surface area contributed by atoms with Gasteiger partial charge in [0.05, 0.1) is 4.92 Å². The van der Waals surface area contributed by atoms with Crippen LogP contribution in [-0.2, 0) is 9.53 Å². The summed E-state index contributed by atoms with van der Waals surface area (Å²) < 4.78 is 18.0. The molecule has 1 aromatic heterocycles. The second-order valence-corrected chi connectivity index (χ2v) is 7.14. The minimum Gasteiger partial charge on any atom is -0.451 e. The monoisotopic (exact) mass is 414 g/mol. The Bertz CT molecular complexity index is 1080. The van der Waals surface area contributed by atoms with E-state index in [4.69, 9.17) is 4.74 Å². The predicted octanol–water partition coefficient (Wildman–Crippen LogP) is 4.57. The van der Waals surface area contributed by atoms with Crippen LogP contribution in [-0.4, -0.2) is 23.4 Å². The van der Waals surface area contributed by atoms with Crippen LogP contribution in [0.2, 0.25) is 0 Å². The van der Waals surface area contributed by atoms with Gasteiger partial charge in [-0.2, -0.15) is 0 Å². The third-order valence-electron chi connectivity index (χ3n) is 3.97. The lowest BCUT2D eigenvalue weighted by Crippen LogP contribution is -2.21. The minimum atomic E-state index is -0.654. The molecule has 1 amide bonds.